The summed E-state index contributed by atoms with van der Waals surface area (Å²) in [7, 11) is 0. The molecule has 1 N–H and O–H groups in total. The molecule has 3 aromatic rings. The number of para-hydroxylation sites is 1. The molecule has 1 aromatic carbocycles. The smallest absolute Gasteiger partial charge is 0.270 e. The maximum absolute atomic E-state index is 12.5. The number of hydrogen-bond acceptors (Lipinski definition) is 4. The summed E-state index contributed by atoms with van der Waals surface area (Å²) in [5, 5.41) is 8.71. The molecule has 1 amide bonds. The Morgan fingerprint density at radius 1 is 1.07 bits per heavy atom. The third kappa shape index (κ3) is 3.90. The summed E-state index contributed by atoms with van der Waals surface area (Å²) < 4.78 is 2.11. The fraction of sp³-hybridized carbons (Fsp3) is 0.435. The molecule has 1 saturated carbocycles. The lowest BCUT2D eigenvalue weighted by Gasteiger charge is -2.36. The standard InChI is InChI=1S/C23H27N5O/c29-23(22-11-10-17-6-4-5-9-21(17)25-22)24-15-18-14-20-16-27(12-13-28(20)26-18)19-7-2-1-3-8-19/h4-6,9-11,14,19H,1-3,7-8,12-13,15-16H2,(H,24,29). The fourth-order valence-corrected chi connectivity index (χ4v) is 4.64. The van der Waals surface area contributed by atoms with Gasteiger partial charge in [-0.15, -0.1) is 0 Å². The highest BCUT2D eigenvalue weighted by atomic mass is 16.1. The molecule has 1 aliphatic heterocycles. The predicted octanol–water partition coefficient (Wildman–Crippen LogP) is 3.51. The van der Waals surface area contributed by atoms with Crippen molar-refractivity contribution in [2.24, 2.45) is 0 Å². The molecule has 2 aliphatic rings. The Balaban J connectivity index is 1.22. The molecular formula is C23H27N5O. The number of benzene rings is 1. The van der Waals surface area contributed by atoms with Crippen LogP contribution in [0.3, 0.4) is 0 Å². The number of hydrogen-bond donors (Lipinski definition) is 1. The van der Waals surface area contributed by atoms with Crippen LogP contribution in [0.5, 0.6) is 0 Å². The minimum atomic E-state index is -0.162. The second-order valence-electron chi connectivity index (χ2n) is 8.18. The van der Waals surface area contributed by atoms with Gasteiger partial charge in [0, 0.05) is 24.5 Å². The van der Waals surface area contributed by atoms with Gasteiger partial charge in [0.05, 0.1) is 30.0 Å². The van der Waals surface area contributed by atoms with Gasteiger partial charge in [-0.2, -0.15) is 5.10 Å². The third-order valence-electron chi connectivity index (χ3n) is 6.23. The Kier molecular flexibility index (Phi) is 5.02. The van der Waals surface area contributed by atoms with E-state index >= 15 is 0 Å². The molecule has 5 rings (SSSR count). The number of nitrogens with one attached hydrogen (secondary N) is 1. The van der Waals surface area contributed by atoms with Crippen molar-refractivity contribution in [1.82, 2.24) is 25.0 Å². The lowest BCUT2D eigenvalue weighted by Crippen LogP contribution is -2.42. The topological polar surface area (TPSA) is 63.1 Å². The number of nitrogens with zero attached hydrogens (tertiary/aromatic N) is 4. The van der Waals surface area contributed by atoms with Crippen LogP contribution in [0.15, 0.2) is 42.5 Å². The number of fused-ring (bicyclic) bond motifs is 2. The molecule has 1 aliphatic carbocycles. The Morgan fingerprint density at radius 2 is 1.93 bits per heavy atom. The molecule has 29 heavy (non-hydrogen) atoms. The Morgan fingerprint density at radius 3 is 2.83 bits per heavy atom. The summed E-state index contributed by atoms with van der Waals surface area (Å²) >= 11 is 0. The molecule has 0 saturated heterocycles. The van der Waals surface area contributed by atoms with Crippen molar-refractivity contribution in [3.05, 3.63) is 59.5 Å². The van der Waals surface area contributed by atoms with Crippen molar-refractivity contribution in [2.45, 2.75) is 57.8 Å². The van der Waals surface area contributed by atoms with Gasteiger partial charge < -0.3 is 5.32 Å². The second-order valence-corrected chi connectivity index (χ2v) is 8.18. The fourth-order valence-electron chi connectivity index (χ4n) is 4.64. The molecule has 6 heteroatoms. The van der Waals surface area contributed by atoms with Crippen LogP contribution in [0.4, 0.5) is 0 Å². The van der Waals surface area contributed by atoms with Gasteiger partial charge in [0.1, 0.15) is 5.69 Å². The van der Waals surface area contributed by atoms with Crippen LogP contribution in [0, 0.1) is 0 Å². The zero-order valence-electron chi connectivity index (χ0n) is 16.7. The lowest BCUT2D eigenvalue weighted by atomic mass is 9.94. The van der Waals surface area contributed by atoms with Crippen LogP contribution in [0.2, 0.25) is 0 Å². The number of pyridine rings is 1. The normalized spacial score (nSPS) is 17.9. The average molecular weight is 390 g/mol. The van der Waals surface area contributed by atoms with E-state index in [2.05, 4.69) is 25.9 Å². The van der Waals surface area contributed by atoms with Crippen molar-refractivity contribution >= 4 is 16.8 Å². The van der Waals surface area contributed by atoms with Crippen molar-refractivity contribution in [1.29, 1.82) is 0 Å². The first-order valence-electron chi connectivity index (χ1n) is 10.7. The number of aromatic nitrogens is 3. The van der Waals surface area contributed by atoms with Gasteiger partial charge in [-0.1, -0.05) is 43.5 Å². The first-order chi connectivity index (χ1) is 14.3. The maximum Gasteiger partial charge on any atom is 0.270 e. The molecule has 0 atom stereocenters. The highest BCUT2D eigenvalue weighted by molar-refractivity contribution is 5.94. The van der Waals surface area contributed by atoms with Crippen LogP contribution in [-0.4, -0.2) is 38.2 Å². The molecule has 0 radical (unpaired) electrons. The van der Waals surface area contributed by atoms with E-state index in [0.717, 1.165) is 42.3 Å². The molecular weight excluding hydrogens is 362 g/mol. The largest absolute Gasteiger partial charge is 0.345 e. The SMILES string of the molecule is O=C(NCc1cc2n(n1)CCN(C1CCCCC1)C2)c1ccc2ccccc2n1. The number of carbonyl (C=O) groups is 1. The van der Waals surface area contributed by atoms with Crippen LogP contribution in [-0.2, 0) is 19.6 Å². The molecule has 150 valence electrons. The first kappa shape index (κ1) is 18.3. The summed E-state index contributed by atoms with van der Waals surface area (Å²) in [6, 6.07) is 14.4. The van der Waals surface area contributed by atoms with Gasteiger partial charge in [0.2, 0.25) is 0 Å². The van der Waals surface area contributed by atoms with Gasteiger partial charge in [-0.25, -0.2) is 4.98 Å². The molecule has 1 fully saturated rings. The van der Waals surface area contributed by atoms with Crippen LogP contribution < -0.4 is 5.32 Å². The summed E-state index contributed by atoms with van der Waals surface area (Å²) in [6.45, 7) is 3.41. The molecule has 2 aromatic heterocycles. The second kappa shape index (κ2) is 7.95. The van der Waals surface area contributed by atoms with Gasteiger partial charge in [-0.3, -0.25) is 14.4 Å². The molecule has 0 bridgehead atoms. The minimum Gasteiger partial charge on any atom is -0.345 e. The highest BCUT2D eigenvalue weighted by Crippen LogP contribution is 2.26. The van der Waals surface area contributed by atoms with E-state index < -0.39 is 0 Å². The zero-order valence-corrected chi connectivity index (χ0v) is 16.7. The van der Waals surface area contributed by atoms with E-state index in [9.17, 15) is 4.79 Å². The van der Waals surface area contributed by atoms with Gasteiger partial charge >= 0.3 is 0 Å². The number of carbonyl (C=O) groups excluding carboxylic acids is 1. The lowest BCUT2D eigenvalue weighted by molar-refractivity contribution is 0.0945. The molecule has 6 nitrogen and oxygen atoms in total. The minimum absolute atomic E-state index is 0.162. The quantitative estimate of drug-likeness (QED) is 0.742. The van der Waals surface area contributed by atoms with E-state index in [-0.39, 0.29) is 5.91 Å². The average Bonchev–Trinajstić information content (AvgIpc) is 3.20. The summed E-state index contributed by atoms with van der Waals surface area (Å²) in [6.07, 6.45) is 6.77. The summed E-state index contributed by atoms with van der Waals surface area (Å²) in [5.74, 6) is -0.162. The van der Waals surface area contributed by atoms with Crippen LogP contribution in [0.1, 0.15) is 54.0 Å². The Hall–Kier alpha value is -2.73. The number of rotatable bonds is 4. The van der Waals surface area contributed by atoms with Gasteiger partial charge in [0.25, 0.3) is 5.91 Å². The van der Waals surface area contributed by atoms with Crippen molar-refractivity contribution in [3.63, 3.8) is 0 Å². The zero-order chi connectivity index (χ0) is 19.6. The van der Waals surface area contributed by atoms with E-state index in [1.54, 1.807) is 6.07 Å². The monoisotopic (exact) mass is 389 g/mol. The summed E-state index contributed by atoms with van der Waals surface area (Å²) in [5.41, 5.74) is 3.45. The predicted molar refractivity (Wildman–Crippen MR) is 112 cm³/mol. The highest BCUT2D eigenvalue weighted by Gasteiger charge is 2.26. The van der Waals surface area contributed by atoms with Crippen LogP contribution in [0.25, 0.3) is 10.9 Å². The van der Waals surface area contributed by atoms with Gasteiger partial charge in [-0.05, 0) is 31.0 Å². The Bertz CT molecular complexity index is 1020. The third-order valence-corrected chi connectivity index (χ3v) is 6.23. The maximum atomic E-state index is 12.5. The van der Waals surface area contributed by atoms with Gasteiger partial charge in [0.15, 0.2) is 0 Å². The van der Waals surface area contributed by atoms with Crippen molar-refractivity contribution in [2.75, 3.05) is 6.54 Å². The van der Waals surface area contributed by atoms with E-state index in [1.165, 1.54) is 37.8 Å². The van der Waals surface area contributed by atoms with Crippen molar-refractivity contribution in [3.8, 4) is 0 Å². The Labute approximate surface area is 170 Å². The molecule has 0 spiro atoms. The van der Waals surface area contributed by atoms with E-state index in [4.69, 9.17) is 5.10 Å². The summed E-state index contributed by atoms with van der Waals surface area (Å²) in [4.78, 5) is 19.6. The first-order valence-corrected chi connectivity index (χ1v) is 10.7. The van der Waals surface area contributed by atoms with E-state index in [0.29, 0.717) is 12.2 Å². The number of amides is 1. The molecule has 3 heterocycles. The molecule has 0 unspecified atom stereocenters. The van der Waals surface area contributed by atoms with E-state index in [1.807, 2.05) is 30.3 Å². The van der Waals surface area contributed by atoms with Crippen molar-refractivity contribution < 1.29 is 4.79 Å². The van der Waals surface area contributed by atoms with Crippen LogP contribution >= 0.6 is 0 Å².